The molecule has 0 bridgehead atoms. The first kappa shape index (κ1) is 11.1. The molecule has 5 heteroatoms. The Morgan fingerprint density at radius 3 is 3.05 bits per heavy atom. The van der Waals surface area contributed by atoms with Crippen LogP contribution in [0.15, 0.2) is 11.8 Å². The first-order valence-corrected chi connectivity index (χ1v) is 6.55. The van der Waals surface area contributed by atoms with Crippen LogP contribution in [0.5, 0.6) is 0 Å². The van der Waals surface area contributed by atoms with Crippen LogP contribution in [0.25, 0.3) is 0 Å². The van der Waals surface area contributed by atoms with Gasteiger partial charge in [-0.2, -0.15) is 0 Å². The van der Waals surface area contributed by atoms with Crippen LogP contribution in [0.3, 0.4) is 0 Å². The second-order valence-electron chi connectivity index (χ2n) is 5.68. The van der Waals surface area contributed by atoms with Gasteiger partial charge in [-0.3, -0.25) is 0 Å². The number of ether oxygens (including phenoxy) is 1. The van der Waals surface area contributed by atoms with Gasteiger partial charge in [0.25, 0.3) is 0 Å². The summed E-state index contributed by atoms with van der Waals surface area (Å²) in [4.78, 5) is 15.2. The molecule has 1 saturated carbocycles. The van der Waals surface area contributed by atoms with Gasteiger partial charge in [0.1, 0.15) is 6.10 Å². The van der Waals surface area contributed by atoms with Crippen LogP contribution >= 0.6 is 0 Å². The minimum absolute atomic E-state index is 0.0805. The van der Waals surface area contributed by atoms with E-state index in [1.165, 1.54) is 7.11 Å². The summed E-state index contributed by atoms with van der Waals surface area (Å²) in [5.74, 6) is 0.207. The number of carbonyl (C=O) groups excluding carboxylic acids is 1. The standard InChI is InChI=1S/C14H16N2O3/c1-6-10(13(18)19-2)11-12(16-6)8(17)3-9-14(11)4-7(14)5-15-9/h3,7-8,15-17H,4-5H2,1-2H3. The van der Waals surface area contributed by atoms with E-state index in [-0.39, 0.29) is 11.4 Å². The second-order valence-corrected chi connectivity index (χ2v) is 5.68. The topological polar surface area (TPSA) is 74.4 Å². The summed E-state index contributed by atoms with van der Waals surface area (Å²) in [6, 6.07) is 0. The highest BCUT2D eigenvalue weighted by molar-refractivity contribution is 5.94. The monoisotopic (exact) mass is 260 g/mol. The molecular formula is C14H16N2O3. The number of nitrogens with one attached hydrogen (secondary N) is 2. The maximum Gasteiger partial charge on any atom is 0.340 e. The Hall–Kier alpha value is -1.75. The molecule has 1 saturated heterocycles. The number of hydrogen-bond acceptors (Lipinski definition) is 4. The van der Waals surface area contributed by atoms with Crippen LogP contribution in [-0.2, 0) is 10.2 Å². The van der Waals surface area contributed by atoms with E-state index in [1.54, 1.807) is 0 Å². The summed E-state index contributed by atoms with van der Waals surface area (Å²) in [5, 5.41) is 13.6. The molecular weight excluding hydrogens is 244 g/mol. The number of aromatic nitrogens is 1. The zero-order valence-electron chi connectivity index (χ0n) is 10.9. The van der Waals surface area contributed by atoms with Crippen LogP contribution in [0.1, 0.15) is 39.8 Å². The van der Waals surface area contributed by atoms with Gasteiger partial charge in [-0.05, 0) is 25.3 Å². The van der Waals surface area contributed by atoms with Crippen molar-refractivity contribution >= 4 is 5.97 Å². The number of aliphatic hydroxyl groups excluding tert-OH is 1. The molecule has 100 valence electrons. The Kier molecular flexibility index (Phi) is 1.88. The van der Waals surface area contributed by atoms with Gasteiger partial charge < -0.3 is 20.1 Å². The van der Waals surface area contributed by atoms with Gasteiger partial charge in [-0.1, -0.05) is 0 Å². The maximum absolute atomic E-state index is 12.1. The number of rotatable bonds is 1. The highest BCUT2D eigenvalue weighted by Gasteiger charge is 2.65. The molecule has 2 aliphatic carbocycles. The summed E-state index contributed by atoms with van der Waals surface area (Å²) in [6.45, 7) is 2.77. The minimum atomic E-state index is -0.681. The highest BCUT2D eigenvalue weighted by Crippen LogP contribution is 2.65. The third kappa shape index (κ3) is 1.12. The van der Waals surface area contributed by atoms with Gasteiger partial charge in [0.15, 0.2) is 0 Å². The van der Waals surface area contributed by atoms with Gasteiger partial charge >= 0.3 is 5.97 Å². The van der Waals surface area contributed by atoms with Gasteiger partial charge in [0.2, 0.25) is 0 Å². The average molecular weight is 260 g/mol. The van der Waals surface area contributed by atoms with E-state index in [0.29, 0.717) is 11.5 Å². The van der Waals surface area contributed by atoms with Crippen molar-refractivity contribution in [1.29, 1.82) is 0 Å². The molecule has 1 aliphatic heterocycles. The second kappa shape index (κ2) is 3.22. The number of methoxy groups -OCH3 is 1. The van der Waals surface area contributed by atoms with Crippen LogP contribution < -0.4 is 5.32 Å². The zero-order valence-corrected chi connectivity index (χ0v) is 10.9. The predicted molar refractivity (Wildman–Crippen MR) is 67.7 cm³/mol. The molecule has 3 atom stereocenters. The van der Waals surface area contributed by atoms with E-state index >= 15 is 0 Å². The van der Waals surface area contributed by atoms with Crippen molar-refractivity contribution < 1.29 is 14.6 Å². The van der Waals surface area contributed by atoms with Gasteiger partial charge in [-0.25, -0.2) is 4.79 Å². The number of aliphatic hydroxyl groups is 1. The zero-order chi connectivity index (χ0) is 13.4. The number of carbonyl (C=O) groups is 1. The molecule has 3 aliphatic rings. The quantitative estimate of drug-likeness (QED) is 0.656. The lowest BCUT2D eigenvalue weighted by Crippen LogP contribution is -2.25. The molecule has 5 nitrogen and oxygen atoms in total. The predicted octanol–water partition coefficient (Wildman–Crippen LogP) is 0.902. The highest BCUT2D eigenvalue weighted by atomic mass is 16.5. The number of fused-ring (bicyclic) bond motifs is 1. The SMILES string of the molecule is COC(=O)c1c(C)[nH]c2c1C13CC1CNC3=CC2O. The third-order valence-corrected chi connectivity index (χ3v) is 4.80. The minimum Gasteiger partial charge on any atom is -0.465 e. The Morgan fingerprint density at radius 1 is 1.58 bits per heavy atom. The molecule has 3 N–H and O–H groups in total. The lowest BCUT2D eigenvalue weighted by Gasteiger charge is -2.25. The molecule has 1 spiro atoms. The summed E-state index contributed by atoms with van der Waals surface area (Å²) in [6.07, 6.45) is 2.23. The van der Waals surface area contributed by atoms with Crippen molar-refractivity contribution in [2.24, 2.45) is 5.92 Å². The van der Waals surface area contributed by atoms with E-state index in [9.17, 15) is 9.90 Å². The van der Waals surface area contributed by atoms with E-state index in [4.69, 9.17) is 4.74 Å². The molecule has 1 aromatic rings. The molecule has 0 amide bonds. The number of H-pyrrole nitrogens is 1. The normalized spacial score (nSPS) is 33.7. The van der Waals surface area contributed by atoms with E-state index < -0.39 is 6.10 Å². The first-order valence-electron chi connectivity index (χ1n) is 6.55. The molecule has 0 aromatic carbocycles. The molecule has 2 fully saturated rings. The van der Waals surface area contributed by atoms with Gasteiger partial charge in [0.05, 0.1) is 18.4 Å². The molecule has 4 rings (SSSR count). The van der Waals surface area contributed by atoms with E-state index in [0.717, 1.165) is 35.6 Å². The van der Waals surface area contributed by atoms with Crippen molar-refractivity contribution in [2.45, 2.75) is 24.9 Å². The van der Waals surface area contributed by atoms with Crippen LogP contribution in [-0.4, -0.2) is 29.7 Å². The number of esters is 1. The Morgan fingerprint density at radius 2 is 2.37 bits per heavy atom. The lowest BCUT2D eigenvalue weighted by atomic mass is 9.82. The summed E-state index contributed by atoms with van der Waals surface area (Å²) >= 11 is 0. The number of allylic oxidation sites excluding steroid dienone is 1. The largest absolute Gasteiger partial charge is 0.465 e. The molecule has 3 unspecified atom stereocenters. The smallest absolute Gasteiger partial charge is 0.340 e. The van der Waals surface area contributed by atoms with Crippen LogP contribution in [0, 0.1) is 12.8 Å². The Labute approximate surface area is 110 Å². The summed E-state index contributed by atoms with van der Waals surface area (Å²) in [5.41, 5.74) is 4.08. The number of hydrogen-bond donors (Lipinski definition) is 3. The van der Waals surface area contributed by atoms with Crippen LogP contribution in [0.2, 0.25) is 0 Å². The number of aryl methyl sites for hydroxylation is 1. The maximum atomic E-state index is 12.1. The lowest BCUT2D eigenvalue weighted by molar-refractivity contribution is 0.0598. The van der Waals surface area contributed by atoms with Crippen molar-refractivity contribution in [3.8, 4) is 0 Å². The molecule has 1 aromatic heterocycles. The number of aromatic amines is 1. The van der Waals surface area contributed by atoms with E-state index in [1.807, 2.05) is 13.0 Å². The third-order valence-electron chi connectivity index (χ3n) is 4.80. The van der Waals surface area contributed by atoms with Gasteiger partial charge in [0, 0.05) is 28.9 Å². The Balaban J connectivity index is 1.99. The van der Waals surface area contributed by atoms with Crippen molar-refractivity contribution in [3.63, 3.8) is 0 Å². The average Bonchev–Trinajstić information content (AvgIpc) is 2.83. The fourth-order valence-corrected chi connectivity index (χ4v) is 3.88. The molecule has 19 heavy (non-hydrogen) atoms. The van der Waals surface area contributed by atoms with Crippen molar-refractivity contribution in [2.75, 3.05) is 13.7 Å². The fraction of sp³-hybridized carbons (Fsp3) is 0.500. The van der Waals surface area contributed by atoms with Crippen molar-refractivity contribution in [3.05, 3.63) is 34.3 Å². The molecule has 0 radical (unpaired) electrons. The van der Waals surface area contributed by atoms with Crippen molar-refractivity contribution in [1.82, 2.24) is 10.3 Å². The van der Waals surface area contributed by atoms with E-state index in [2.05, 4.69) is 10.3 Å². The summed E-state index contributed by atoms with van der Waals surface area (Å²) in [7, 11) is 1.39. The Bertz CT molecular complexity index is 631. The summed E-state index contributed by atoms with van der Waals surface area (Å²) < 4.78 is 4.91. The number of piperidine rings is 1. The van der Waals surface area contributed by atoms with Gasteiger partial charge in [-0.15, -0.1) is 0 Å². The first-order chi connectivity index (χ1) is 9.09. The van der Waals surface area contributed by atoms with Crippen LogP contribution in [0.4, 0.5) is 0 Å². The fourth-order valence-electron chi connectivity index (χ4n) is 3.88. The molecule has 2 heterocycles.